The van der Waals surface area contributed by atoms with Gasteiger partial charge >= 0.3 is 7.12 Å². The van der Waals surface area contributed by atoms with Crippen LogP contribution in [0.15, 0.2) is 49.1 Å². The van der Waals surface area contributed by atoms with E-state index >= 15 is 0 Å². The van der Waals surface area contributed by atoms with Crippen molar-refractivity contribution in [1.29, 1.82) is 0 Å². The highest BCUT2D eigenvalue weighted by molar-refractivity contribution is 6.62. The number of halogens is 2. The van der Waals surface area contributed by atoms with Crippen LogP contribution in [0.25, 0.3) is 11.1 Å². The lowest BCUT2D eigenvalue weighted by Crippen LogP contribution is -2.41. The molecule has 0 aliphatic carbocycles. The molecular weight excluding hydrogens is 373 g/mol. The summed E-state index contributed by atoms with van der Waals surface area (Å²) < 4.78 is 46.4. The molecule has 2 aromatic rings. The van der Waals surface area contributed by atoms with E-state index in [1.54, 1.807) is 18.2 Å². The van der Waals surface area contributed by atoms with E-state index in [2.05, 4.69) is 6.58 Å². The molecular formula is C23H27BF2O3. The summed E-state index contributed by atoms with van der Waals surface area (Å²) in [6.45, 7) is 13.4. The molecule has 6 heteroatoms. The van der Waals surface area contributed by atoms with Gasteiger partial charge in [-0.25, -0.2) is 8.78 Å². The summed E-state index contributed by atoms with van der Waals surface area (Å²) in [5.41, 5.74) is 0.659. The zero-order valence-electron chi connectivity index (χ0n) is 17.6. The highest BCUT2D eigenvalue weighted by Crippen LogP contribution is 2.37. The van der Waals surface area contributed by atoms with Crippen LogP contribution in [0.5, 0.6) is 5.75 Å². The summed E-state index contributed by atoms with van der Waals surface area (Å²) in [6.07, 6.45) is 2.16. The lowest BCUT2D eigenvalue weighted by molar-refractivity contribution is 0.00578. The van der Waals surface area contributed by atoms with Crippen LogP contribution in [0.4, 0.5) is 8.78 Å². The molecule has 0 saturated carbocycles. The molecule has 1 unspecified atom stereocenters. The van der Waals surface area contributed by atoms with E-state index in [1.807, 2.05) is 34.6 Å². The molecule has 29 heavy (non-hydrogen) atoms. The predicted octanol–water partition coefficient (Wildman–Crippen LogP) is 5.27. The Morgan fingerprint density at radius 2 is 1.69 bits per heavy atom. The Bertz CT molecular complexity index is 895. The van der Waals surface area contributed by atoms with Gasteiger partial charge in [0.25, 0.3) is 0 Å². The van der Waals surface area contributed by atoms with Gasteiger partial charge in [-0.3, -0.25) is 0 Å². The van der Waals surface area contributed by atoms with Gasteiger partial charge in [0.15, 0.2) is 0 Å². The van der Waals surface area contributed by atoms with Gasteiger partial charge in [-0.05, 0) is 69.9 Å². The predicted molar refractivity (Wildman–Crippen MR) is 112 cm³/mol. The number of hydrogen-bond donors (Lipinski definition) is 0. The first kappa shape index (κ1) is 21.5. The Kier molecular flexibility index (Phi) is 5.88. The molecule has 0 radical (unpaired) electrons. The van der Waals surface area contributed by atoms with Crippen molar-refractivity contribution in [3.05, 3.63) is 60.7 Å². The molecule has 1 heterocycles. The second-order valence-electron chi connectivity index (χ2n) is 8.45. The number of hydrogen-bond acceptors (Lipinski definition) is 3. The SMILES string of the molecule is C=CCC(C)Oc1cc(F)ccc1-c1cc(F)cc(B2OC(C)(C)C(C)(C)O2)c1. The molecule has 3 nitrogen and oxygen atoms in total. The number of ether oxygens (including phenoxy) is 1. The van der Waals surface area contributed by atoms with Crippen LogP contribution in [0, 0.1) is 11.6 Å². The number of rotatable bonds is 6. The molecule has 3 rings (SSSR count). The van der Waals surface area contributed by atoms with E-state index < -0.39 is 30.0 Å². The van der Waals surface area contributed by atoms with Crippen molar-refractivity contribution in [3.63, 3.8) is 0 Å². The van der Waals surface area contributed by atoms with E-state index in [0.29, 0.717) is 28.8 Å². The third kappa shape index (κ3) is 4.54. The lowest BCUT2D eigenvalue weighted by atomic mass is 9.77. The third-order valence-corrected chi connectivity index (χ3v) is 5.53. The van der Waals surface area contributed by atoms with Crippen molar-refractivity contribution in [1.82, 2.24) is 0 Å². The van der Waals surface area contributed by atoms with Gasteiger partial charge in [-0.15, -0.1) is 6.58 Å². The highest BCUT2D eigenvalue weighted by atomic mass is 19.1. The summed E-state index contributed by atoms with van der Waals surface area (Å²) in [5, 5.41) is 0. The Balaban J connectivity index is 2.00. The molecule has 0 amide bonds. The van der Waals surface area contributed by atoms with Crippen LogP contribution in [0.2, 0.25) is 0 Å². The summed E-state index contributed by atoms with van der Waals surface area (Å²) >= 11 is 0. The van der Waals surface area contributed by atoms with E-state index in [-0.39, 0.29) is 6.10 Å². The zero-order chi connectivity index (χ0) is 21.4. The van der Waals surface area contributed by atoms with Crippen molar-refractivity contribution in [2.24, 2.45) is 0 Å². The van der Waals surface area contributed by atoms with Crippen molar-refractivity contribution in [2.75, 3.05) is 0 Å². The van der Waals surface area contributed by atoms with Gasteiger partial charge in [0.1, 0.15) is 17.4 Å². The van der Waals surface area contributed by atoms with Crippen LogP contribution in [0.3, 0.4) is 0 Å². The molecule has 0 spiro atoms. The molecule has 0 N–H and O–H groups in total. The topological polar surface area (TPSA) is 27.7 Å². The second-order valence-corrected chi connectivity index (χ2v) is 8.45. The number of benzene rings is 2. The van der Waals surface area contributed by atoms with Gasteiger partial charge in [-0.1, -0.05) is 12.1 Å². The minimum atomic E-state index is -0.695. The maximum atomic E-state index is 14.5. The van der Waals surface area contributed by atoms with Crippen LogP contribution >= 0.6 is 0 Å². The Labute approximate surface area is 171 Å². The summed E-state index contributed by atoms with van der Waals surface area (Å²) in [5.74, 6) is -0.497. The fourth-order valence-electron chi connectivity index (χ4n) is 3.21. The minimum absolute atomic E-state index is 0.191. The fourth-order valence-corrected chi connectivity index (χ4v) is 3.21. The van der Waals surface area contributed by atoms with E-state index in [1.165, 1.54) is 24.3 Å². The van der Waals surface area contributed by atoms with Crippen molar-refractivity contribution >= 4 is 12.6 Å². The van der Waals surface area contributed by atoms with Crippen molar-refractivity contribution in [3.8, 4) is 16.9 Å². The molecule has 1 aliphatic rings. The highest BCUT2D eigenvalue weighted by Gasteiger charge is 2.51. The van der Waals surface area contributed by atoms with Gasteiger partial charge in [0, 0.05) is 18.1 Å². The molecule has 1 fully saturated rings. The van der Waals surface area contributed by atoms with Gasteiger partial charge < -0.3 is 14.0 Å². The normalized spacial score (nSPS) is 18.5. The maximum absolute atomic E-state index is 14.5. The Hall–Kier alpha value is -2.18. The second kappa shape index (κ2) is 7.92. The quantitative estimate of drug-likeness (QED) is 0.488. The molecule has 154 valence electrons. The van der Waals surface area contributed by atoms with Crippen molar-refractivity contribution < 1.29 is 22.8 Å². The van der Waals surface area contributed by atoms with Crippen LogP contribution < -0.4 is 10.2 Å². The first-order valence-corrected chi connectivity index (χ1v) is 9.76. The average Bonchev–Trinajstić information content (AvgIpc) is 2.82. The van der Waals surface area contributed by atoms with Gasteiger partial charge in [0.2, 0.25) is 0 Å². The average molecular weight is 400 g/mol. The van der Waals surface area contributed by atoms with E-state index in [4.69, 9.17) is 14.0 Å². The largest absolute Gasteiger partial charge is 0.494 e. The van der Waals surface area contributed by atoms with E-state index in [9.17, 15) is 8.78 Å². The lowest BCUT2D eigenvalue weighted by Gasteiger charge is -2.32. The van der Waals surface area contributed by atoms with Crippen LogP contribution in [0.1, 0.15) is 41.0 Å². The third-order valence-electron chi connectivity index (χ3n) is 5.53. The molecule has 1 aliphatic heterocycles. The summed E-state index contributed by atoms with van der Waals surface area (Å²) in [6, 6.07) is 8.83. The molecule has 2 aromatic carbocycles. The van der Waals surface area contributed by atoms with Gasteiger partial charge in [-0.2, -0.15) is 0 Å². The fraction of sp³-hybridized carbons (Fsp3) is 0.391. The molecule has 1 atom stereocenters. The first-order chi connectivity index (χ1) is 13.5. The van der Waals surface area contributed by atoms with Crippen molar-refractivity contribution in [2.45, 2.75) is 58.3 Å². The maximum Gasteiger partial charge on any atom is 0.494 e. The first-order valence-electron chi connectivity index (χ1n) is 9.76. The Morgan fingerprint density at radius 1 is 1.03 bits per heavy atom. The zero-order valence-corrected chi connectivity index (χ0v) is 17.6. The minimum Gasteiger partial charge on any atom is -0.490 e. The smallest absolute Gasteiger partial charge is 0.490 e. The van der Waals surface area contributed by atoms with Crippen LogP contribution in [-0.2, 0) is 9.31 Å². The summed E-state index contributed by atoms with van der Waals surface area (Å²) in [7, 11) is -0.695. The Morgan fingerprint density at radius 3 is 2.31 bits per heavy atom. The van der Waals surface area contributed by atoms with Gasteiger partial charge in [0.05, 0.1) is 17.3 Å². The van der Waals surface area contributed by atoms with Crippen LogP contribution in [-0.4, -0.2) is 24.4 Å². The molecule has 0 bridgehead atoms. The van der Waals surface area contributed by atoms with E-state index in [0.717, 1.165) is 0 Å². The molecule has 0 aromatic heterocycles. The molecule has 1 saturated heterocycles. The summed E-state index contributed by atoms with van der Waals surface area (Å²) in [4.78, 5) is 0. The monoisotopic (exact) mass is 400 g/mol. The standard InChI is InChI=1S/C23H27BF2O3/c1-7-8-15(2)27-21-14-18(25)9-10-20(21)16-11-17(13-19(26)12-16)24-28-22(3,4)23(5,6)29-24/h7,9-15H,1,8H2,2-6H3.